The Morgan fingerprint density at radius 1 is 0.292 bits per heavy atom. The van der Waals surface area contributed by atoms with Crippen LogP contribution in [-0.2, 0) is 28.6 Å². The Kier molecular flexibility index (Phi) is 57.3. The van der Waals surface area contributed by atoms with Crippen LogP contribution in [0.3, 0.4) is 0 Å². The highest BCUT2D eigenvalue weighted by atomic mass is 16.6. The number of ether oxygens (including phenoxy) is 3. The van der Waals surface area contributed by atoms with Gasteiger partial charge < -0.3 is 14.2 Å². The first-order valence-corrected chi connectivity index (χ1v) is 30.6. The number of esters is 3. The highest BCUT2D eigenvalue weighted by Gasteiger charge is 2.19. The first-order valence-electron chi connectivity index (χ1n) is 30.6. The van der Waals surface area contributed by atoms with Crippen molar-refractivity contribution in [2.45, 2.75) is 303 Å². The molecule has 0 N–H and O–H groups in total. The average Bonchev–Trinajstić information content (AvgIpc) is 3.38. The molecule has 0 radical (unpaired) electrons. The number of hydrogen-bond donors (Lipinski definition) is 0. The number of rotatable bonds is 55. The normalized spacial score (nSPS) is 12.7. The molecule has 0 rings (SSSR count). The summed E-state index contributed by atoms with van der Waals surface area (Å²) in [6, 6.07) is 0. The van der Waals surface area contributed by atoms with E-state index in [1.807, 2.05) is 0 Å². The number of carbonyl (C=O) groups excluding carboxylic acids is 3. The standard InChI is InChI=1S/C66H114O6/c1-4-7-10-13-16-19-22-25-27-29-31-32-33-34-35-37-38-41-44-47-50-53-56-59-65(68)71-62-63(61-70-64(67)58-55-52-49-46-43-40-24-21-18-15-12-9-6-3)72-66(69)60-57-54-51-48-45-42-39-36-30-28-26-23-20-17-14-11-8-5-2/h9,12,18,20-23,25,28-31,40,43,63H,4-8,10-11,13-17,19,24,26-27,32-39,41-42,44-62H2,1-3H3/b12-9-,21-18-,23-20-,25-22-,30-28-,31-29-,43-40-. The number of hydrogen-bond acceptors (Lipinski definition) is 6. The van der Waals surface area contributed by atoms with Crippen molar-refractivity contribution in [1.29, 1.82) is 0 Å². The second-order valence-electron chi connectivity index (χ2n) is 20.2. The van der Waals surface area contributed by atoms with Gasteiger partial charge in [-0.2, -0.15) is 0 Å². The summed E-state index contributed by atoms with van der Waals surface area (Å²) in [5.41, 5.74) is 0. The van der Waals surface area contributed by atoms with Gasteiger partial charge in [-0.25, -0.2) is 0 Å². The van der Waals surface area contributed by atoms with Crippen molar-refractivity contribution in [1.82, 2.24) is 0 Å². The van der Waals surface area contributed by atoms with Crippen LogP contribution in [0.25, 0.3) is 0 Å². The van der Waals surface area contributed by atoms with Gasteiger partial charge in [-0.3, -0.25) is 14.4 Å². The van der Waals surface area contributed by atoms with Gasteiger partial charge in [0.2, 0.25) is 0 Å². The van der Waals surface area contributed by atoms with Gasteiger partial charge in [0.1, 0.15) is 13.2 Å². The minimum atomic E-state index is -0.795. The summed E-state index contributed by atoms with van der Waals surface area (Å²) >= 11 is 0. The molecule has 0 aliphatic rings. The van der Waals surface area contributed by atoms with Gasteiger partial charge >= 0.3 is 17.9 Å². The van der Waals surface area contributed by atoms with Crippen LogP contribution in [0, 0.1) is 0 Å². The molecule has 0 bridgehead atoms. The maximum Gasteiger partial charge on any atom is 0.306 e. The van der Waals surface area contributed by atoms with Crippen LogP contribution in [0.2, 0.25) is 0 Å². The molecule has 6 nitrogen and oxygen atoms in total. The lowest BCUT2D eigenvalue weighted by atomic mass is 10.0. The van der Waals surface area contributed by atoms with Gasteiger partial charge in [0.25, 0.3) is 0 Å². The minimum absolute atomic E-state index is 0.0898. The largest absolute Gasteiger partial charge is 0.462 e. The van der Waals surface area contributed by atoms with E-state index in [1.165, 1.54) is 154 Å². The van der Waals surface area contributed by atoms with Gasteiger partial charge in [0.15, 0.2) is 6.10 Å². The van der Waals surface area contributed by atoms with E-state index in [0.29, 0.717) is 19.3 Å². The maximum absolute atomic E-state index is 12.9. The summed E-state index contributed by atoms with van der Waals surface area (Å²) < 4.78 is 16.9. The fourth-order valence-corrected chi connectivity index (χ4v) is 8.52. The molecule has 72 heavy (non-hydrogen) atoms. The summed E-state index contributed by atoms with van der Waals surface area (Å²) in [6.45, 7) is 6.49. The summed E-state index contributed by atoms with van der Waals surface area (Å²) in [4.78, 5) is 38.2. The lowest BCUT2D eigenvalue weighted by molar-refractivity contribution is -0.167. The molecule has 0 spiro atoms. The van der Waals surface area contributed by atoms with Crippen LogP contribution in [-0.4, -0.2) is 37.2 Å². The summed E-state index contributed by atoms with van der Waals surface area (Å²) in [5, 5.41) is 0. The van der Waals surface area contributed by atoms with Crippen molar-refractivity contribution in [3.05, 3.63) is 85.1 Å². The third-order valence-corrected chi connectivity index (χ3v) is 13.1. The Hall–Kier alpha value is -3.41. The van der Waals surface area contributed by atoms with Gasteiger partial charge in [-0.15, -0.1) is 0 Å². The average molecular weight is 1000 g/mol. The Bertz CT molecular complexity index is 1380. The molecule has 1 unspecified atom stereocenters. The van der Waals surface area contributed by atoms with Crippen molar-refractivity contribution in [3.63, 3.8) is 0 Å². The predicted molar refractivity (Wildman–Crippen MR) is 311 cm³/mol. The Balaban J connectivity index is 4.35. The second kappa shape index (κ2) is 60.1. The van der Waals surface area contributed by atoms with E-state index in [9.17, 15) is 14.4 Å². The van der Waals surface area contributed by atoms with E-state index in [-0.39, 0.29) is 31.1 Å². The molecule has 0 saturated carbocycles. The second-order valence-corrected chi connectivity index (χ2v) is 20.2. The van der Waals surface area contributed by atoms with Crippen LogP contribution in [0.4, 0.5) is 0 Å². The SMILES string of the molecule is CC/C=C\C/C=C\C/C=C\CCCCCC(=O)OCC(COC(=O)CCCCCCCCCCCCC/C=C\C/C=C\CCCCCCC)OC(=O)CCCCCCCCC/C=C\C/C=C\CCCCCC. The summed E-state index contributed by atoms with van der Waals surface area (Å²) in [7, 11) is 0. The fraction of sp³-hybridized carbons (Fsp3) is 0.742. The molecule has 0 heterocycles. The molecule has 0 aliphatic carbocycles. The lowest BCUT2D eigenvalue weighted by Gasteiger charge is -2.18. The molecule has 0 amide bonds. The van der Waals surface area contributed by atoms with E-state index >= 15 is 0 Å². The molecular formula is C66H114O6. The molecule has 1 atom stereocenters. The predicted octanol–water partition coefficient (Wildman–Crippen LogP) is 20.7. The zero-order chi connectivity index (χ0) is 52.2. The van der Waals surface area contributed by atoms with Crippen molar-refractivity contribution in [2.75, 3.05) is 13.2 Å². The van der Waals surface area contributed by atoms with Crippen molar-refractivity contribution < 1.29 is 28.6 Å². The minimum Gasteiger partial charge on any atom is -0.462 e. The Morgan fingerprint density at radius 3 is 0.875 bits per heavy atom. The van der Waals surface area contributed by atoms with E-state index in [4.69, 9.17) is 14.2 Å². The van der Waals surface area contributed by atoms with Gasteiger partial charge in [-0.1, -0.05) is 247 Å². The quantitative estimate of drug-likeness (QED) is 0.0261. The van der Waals surface area contributed by atoms with Gasteiger partial charge in [0.05, 0.1) is 0 Å². The van der Waals surface area contributed by atoms with Gasteiger partial charge in [0, 0.05) is 19.3 Å². The molecule has 414 valence electrons. The fourth-order valence-electron chi connectivity index (χ4n) is 8.52. The highest BCUT2D eigenvalue weighted by Crippen LogP contribution is 2.15. The van der Waals surface area contributed by atoms with Crippen LogP contribution in [0.5, 0.6) is 0 Å². The zero-order valence-electron chi connectivity index (χ0n) is 47.4. The van der Waals surface area contributed by atoms with E-state index < -0.39 is 6.10 Å². The molecule has 0 aromatic carbocycles. The first kappa shape index (κ1) is 68.6. The zero-order valence-corrected chi connectivity index (χ0v) is 47.4. The van der Waals surface area contributed by atoms with Crippen LogP contribution < -0.4 is 0 Å². The molecule has 0 fully saturated rings. The molecular weight excluding hydrogens is 889 g/mol. The molecule has 0 aliphatic heterocycles. The van der Waals surface area contributed by atoms with Crippen LogP contribution in [0.15, 0.2) is 85.1 Å². The van der Waals surface area contributed by atoms with Crippen molar-refractivity contribution in [3.8, 4) is 0 Å². The maximum atomic E-state index is 12.9. The lowest BCUT2D eigenvalue weighted by Crippen LogP contribution is -2.30. The van der Waals surface area contributed by atoms with E-state index in [1.54, 1.807) is 0 Å². The van der Waals surface area contributed by atoms with Crippen molar-refractivity contribution in [2.24, 2.45) is 0 Å². The summed E-state index contributed by atoms with van der Waals surface area (Å²) in [6.07, 6.45) is 78.7. The van der Waals surface area contributed by atoms with Crippen LogP contribution in [0.1, 0.15) is 297 Å². The third kappa shape index (κ3) is 57.5. The Labute approximate surface area is 445 Å². The monoisotopic (exact) mass is 1000 g/mol. The molecule has 0 saturated heterocycles. The number of allylic oxidation sites excluding steroid dienone is 14. The topological polar surface area (TPSA) is 78.9 Å². The molecule has 0 aromatic heterocycles. The number of carbonyl (C=O) groups is 3. The van der Waals surface area contributed by atoms with E-state index in [2.05, 4.69) is 106 Å². The Morgan fingerprint density at radius 2 is 0.542 bits per heavy atom. The third-order valence-electron chi connectivity index (χ3n) is 13.1. The summed E-state index contributed by atoms with van der Waals surface area (Å²) in [5.74, 6) is -0.922. The van der Waals surface area contributed by atoms with Gasteiger partial charge in [-0.05, 0) is 116 Å². The molecule has 0 aromatic rings. The van der Waals surface area contributed by atoms with Crippen molar-refractivity contribution >= 4 is 17.9 Å². The smallest absolute Gasteiger partial charge is 0.306 e. The van der Waals surface area contributed by atoms with Crippen LogP contribution >= 0.6 is 0 Å². The number of unbranched alkanes of at least 4 members (excludes halogenated alkanes) is 30. The molecule has 6 heteroatoms. The highest BCUT2D eigenvalue weighted by molar-refractivity contribution is 5.71. The first-order chi connectivity index (χ1) is 35.5. The van der Waals surface area contributed by atoms with E-state index in [0.717, 1.165) is 103 Å².